The van der Waals surface area contributed by atoms with Crippen LogP contribution < -0.4 is 0 Å². The predicted molar refractivity (Wildman–Crippen MR) is 72.3 cm³/mol. The van der Waals surface area contributed by atoms with Gasteiger partial charge in [0.15, 0.2) is 0 Å². The normalized spacial score (nSPS) is 17.6. The summed E-state index contributed by atoms with van der Waals surface area (Å²) in [5.41, 5.74) is 0.616. The summed E-state index contributed by atoms with van der Waals surface area (Å²) in [6, 6.07) is 1.72. The topological polar surface area (TPSA) is 73.5 Å². The fraction of sp³-hybridized carbons (Fsp3) is 0.583. The van der Waals surface area contributed by atoms with Crippen LogP contribution in [0.2, 0.25) is 0 Å². The minimum Gasteiger partial charge on any atom is -0.367 e. The van der Waals surface area contributed by atoms with Crippen LogP contribution in [0.4, 0.5) is 0 Å². The lowest BCUT2D eigenvalue weighted by atomic mass is 10.2. The van der Waals surface area contributed by atoms with E-state index in [2.05, 4.69) is 4.98 Å². The number of piperazine rings is 1. The molecule has 1 aromatic heterocycles. The SMILES string of the molecule is CCCS(=O)(=O)N1CCN(C(=O)c2cc[nH]c2)CC1. The lowest BCUT2D eigenvalue weighted by Crippen LogP contribution is -2.50. The third kappa shape index (κ3) is 3.16. The van der Waals surface area contributed by atoms with Crippen molar-refractivity contribution >= 4 is 15.9 Å². The Morgan fingerprint density at radius 3 is 2.53 bits per heavy atom. The number of nitrogens with zero attached hydrogens (tertiary/aromatic N) is 2. The molecule has 0 aliphatic carbocycles. The van der Waals surface area contributed by atoms with Gasteiger partial charge in [0.2, 0.25) is 10.0 Å². The van der Waals surface area contributed by atoms with E-state index in [1.807, 2.05) is 6.92 Å². The number of rotatable bonds is 4. The van der Waals surface area contributed by atoms with Crippen molar-refractivity contribution in [2.24, 2.45) is 0 Å². The maximum Gasteiger partial charge on any atom is 0.255 e. The quantitative estimate of drug-likeness (QED) is 0.876. The fourth-order valence-corrected chi connectivity index (χ4v) is 3.69. The molecule has 0 aromatic carbocycles. The highest BCUT2D eigenvalue weighted by Gasteiger charge is 2.28. The average Bonchev–Trinajstić information content (AvgIpc) is 2.92. The lowest BCUT2D eigenvalue weighted by Gasteiger charge is -2.33. The van der Waals surface area contributed by atoms with Crippen molar-refractivity contribution in [2.45, 2.75) is 13.3 Å². The van der Waals surface area contributed by atoms with Crippen LogP contribution >= 0.6 is 0 Å². The molecule has 0 spiro atoms. The Hall–Kier alpha value is -1.34. The molecule has 7 heteroatoms. The maximum absolute atomic E-state index is 12.1. The molecule has 0 atom stereocenters. The molecule has 0 bridgehead atoms. The number of amides is 1. The predicted octanol–water partition coefficient (Wildman–Crippen LogP) is 0.512. The molecule has 1 N–H and O–H groups in total. The van der Waals surface area contributed by atoms with Crippen LogP contribution in [0.3, 0.4) is 0 Å². The van der Waals surface area contributed by atoms with Crippen molar-refractivity contribution in [3.8, 4) is 0 Å². The fourth-order valence-electron chi connectivity index (χ4n) is 2.20. The van der Waals surface area contributed by atoms with Gasteiger partial charge in [-0.15, -0.1) is 0 Å². The van der Waals surface area contributed by atoms with E-state index in [0.29, 0.717) is 38.2 Å². The van der Waals surface area contributed by atoms with Crippen LogP contribution in [0, 0.1) is 0 Å². The van der Waals surface area contributed by atoms with Gasteiger partial charge in [0.05, 0.1) is 11.3 Å². The Balaban J connectivity index is 1.94. The third-order valence-electron chi connectivity index (χ3n) is 3.23. The zero-order valence-electron chi connectivity index (χ0n) is 11.0. The zero-order valence-corrected chi connectivity index (χ0v) is 11.8. The third-order valence-corrected chi connectivity index (χ3v) is 5.30. The second kappa shape index (κ2) is 5.75. The van der Waals surface area contributed by atoms with E-state index in [9.17, 15) is 13.2 Å². The second-order valence-electron chi connectivity index (χ2n) is 4.61. The van der Waals surface area contributed by atoms with Gasteiger partial charge >= 0.3 is 0 Å². The number of H-pyrrole nitrogens is 1. The van der Waals surface area contributed by atoms with Gasteiger partial charge in [-0.25, -0.2) is 8.42 Å². The summed E-state index contributed by atoms with van der Waals surface area (Å²) in [5.74, 6) is 0.132. The summed E-state index contributed by atoms with van der Waals surface area (Å²) >= 11 is 0. The Kier molecular flexibility index (Phi) is 4.26. The van der Waals surface area contributed by atoms with E-state index >= 15 is 0 Å². The van der Waals surface area contributed by atoms with Gasteiger partial charge in [0, 0.05) is 38.6 Å². The van der Waals surface area contributed by atoms with Gasteiger partial charge in [-0.1, -0.05) is 6.92 Å². The van der Waals surface area contributed by atoms with Gasteiger partial charge in [-0.3, -0.25) is 4.79 Å². The Morgan fingerprint density at radius 1 is 1.32 bits per heavy atom. The summed E-state index contributed by atoms with van der Waals surface area (Å²) in [4.78, 5) is 16.6. The average molecular weight is 285 g/mol. The first-order valence-electron chi connectivity index (χ1n) is 6.44. The molecular formula is C12H19N3O3S. The molecule has 106 valence electrons. The van der Waals surface area contributed by atoms with Gasteiger partial charge in [-0.2, -0.15) is 4.31 Å². The lowest BCUT2D eigenvalue weighted by molar-refractivity contribution is 0.0698. The van der Waals surface area contributed by atoms with E-state index in [1.165, 1.54) is 4.31 Å². The maximum atomic E-state index is 12.1. The summed E-state index contributed by atoms with van der Waals surface area (Å²) < 4.78 is 25.3. The number of aromatic amines is 1. The highest BCUT2D eigenvalue weighted by molar-refractivity contribution is 7.89. The summed E-state index contributed by atoms with van der Waals surface area (Å²) in [7, 11) is -3.15. The first-order chi connectivity index (χ1) is 9.04. The van der Waals surface area contributed by atoms with Crippen LogP contribution in [0.1, 0.15) is 23.7 Å². The summed E-state index contributed by atoms with van der Waals surface area (Å²) in [5, 5.41) is 0. The Labute approximate surface area is 113 Å². The first-order valence-corrected chi connectivity index (χ1v) is 8.05. The standard InChI is InChI=1S/C12H19N3O3S/c1-2-9-19(17,18)15-7-5-14(6-8-15)12(16)11-3-4-13-10-11/h3-4,10,13H,2,5-9H2,1H3. The van der Waals surface area contributed by atoms with Gasteiger partial charge in [0.1, 0.15) is 0 Å². The molecule has 0 saturated carbocycles. The van der Waals surface area contributed by atoms with E-state index in [1.54, 1.807) is 23.4 Å². The Morgan fingerprint density at radius 2 is 2.00 bits per heavy atom. The van der Waals surface area contributed by atoms with Crippen molar-refractivity contribution < 1.29 is 13.2 Å². The van der Waals surface area contributed by atoms with Gasteiger partial charge in [0.25, 0.3) is 5.91 Å². The number of hydrogen-bond donors (Lipinski definition) is 1. The number of sulfonamides is 1. The molecule has 1 saturated heterocycles. The molecule has 19 heavy (non-hydrogen) atoms. The minimum absolute atomic E-state index is 0.0474. The van der Waals surface area contributed by atoms with Crippen molar-refractivity contribution in [3.05, 3.63) is 24.0 Å². The van der Waals surface area contributed by atoms with Crippen LogP contribution in [-0.4, -0.2) is 60.4 Å². The molecule has 1 aliphatic rings. The molecule has 1 fully saturated rings. The number of carbonyl (C=O) groups is 1. The van der Waals surface area contributed by atoms with Crippen LogP contribution in [-0.2, 0) is 10.0 Å². The number of hydrogen-bond acceptors (Lipinski definition) is 3. The number of aromatic nitrogens is 1. The second-order valence-corrected chi connectivity index (χ2v) is 6.70. The molecule has 2 rings (SSSR count). The van der Waals surface area contributed by atoms with E-state index < -0.39 is 10.0 Å². The molecule has 1 aromatic rings. The highest BCUT2D eigenvalue weighted by atomic mass is 32.2. The first kappa shape index (κ1) is 14.1. The largest absolute Gasteiger partial charge is 0.367 e. The highest BCUT2D eigenvalue weighted by Crippen LogP contribution is 2.12. The molecule has 1 aliphatic heterocycles. The molecule has 2 heterocycles. The zero-order chi connectivity index (χ0) is 13.9. The van der Waals surface area contributed by atoms with Crippen molar-refractivity contribution in [2.75, 3.05) is 31.9 Å². The monoisotopic (exact) mass is 285 g/mol. The number of nitrogens with one attached hydrogen (secondary N) is 1. The van der Waals surface area contributed by atoms with Crippen LogP contribution in [0.15, 0.2) is 18.5 Å². The van der Waals surface area contributed by atoms with E-state index in [0.717, 1.165) is 0 Å². The number of carbonyl (C=O) groups excluding carboxylic acids is 1. The Bertz CT molecular complexity index is 516. The van der Waals surface area contributed by atoms with Crippen LogP contribution in [0.5, 0.6) is 0 Å². The smallest absolute Gasteiger partial charge is 0.255 e. The molecule has 0 radical (unpaired) electrons. The molecule has 1 amide bonds. The molecule has 6 nitrogen and oxygen atoms in total. The van der Waals surface area contributed by atoms with Crippen molar-refractivity contribution in [3.63, 3.8) is 0 Å². The van der Waals surface area contributed by atoms with E-state index in [4.69, 9.17) is 0 Å². The van der Waals surface area contributed by atoms with Crippen molar-refractivity contribution in [1.82, 2.24) is 14.2 Å². The van der Waals surface area contributed by atoms with Gasteiger partial charge in [-0.05, 0) is 12.5 Å². The van der Waals surface area contributed by atoms with Crippen LogP contribution in [0.25, 0.3) is 0 Å². The van der Waals surface area contributed by atoms with E-state index in [-0.39, 0.29) is 11.7 Å². The summed E-state index contributed by atoms with van der Waals surface area (Å²) in [6.45, 7) is 3.53. The van der Waals surface area contributed by atoms with Crippen molar-refractivity contribution in [1.29, 1.82) is 0 Å². The summed E-state index contributed by atoms with van der Waals surface area (Å²) in [6.07, 6.45) is 3.97. The molecular weight excluding hydrogens is 266 g/mol. The molecule has 0 unspecified atom stereocenters. The minimum atomic E-state index is -3.15. The van der Waals surface area contributed by atoms with Gasteiger partial charge < -0.3 is 9.88 Å².